The van der Waals surface area contributed by atoms with Crippen molar-refractivity contribution in [1.29, 1.82) is 0 Å². The molecule has 3 nitrogen and oxygen atoms in total. The van der Waals surface area contributed by atoms with Gasteiger partial charge >= 0.3 is 0 Å². The van der Waals surface area contributed by atoms with Gasteiger partial charge in [0.2, 0.25) is 0 Å². The van der Waals surface area contributed by atoms with E-state index in [0.717, 1.165) is 11.4 Å². The van der Waals surface area contributed by atoms with E-state index in [0.29, 0.717) is 6.10 Å². The molecule has 1 aliphatic carbocycles. The molecule has 3 heteroatoms. The van der Waals surface area contributed by atoms with Gasteiger partial charge < -0.3 is 4.74 Å². The summed E-state index contributed by atoms with van der Waals surface area (Å²) < 4.78 is 7.83. The number of para-hydroxylation sites is 1. The Labute approximate surface area is 107 Å². The molecule has 0 unspecified atom stereocenters. The average Bonchev–Trinajstić information content (AvgIpc) is 2.89. The van der Waals surface area contributed by atoms with Gasteiger partial charge in [-0.3, -0.25) is 0 Å². The minimum atomic E-state index is 0.382. The number of ether oxygens (including phenoxy) is 1. The fourth-order valence-electron chi connectivity index (χ4n) is 2.46. The summed E-state index contributed by atoms with van der Waals surface area (Å²) in [4.78, 5) is 0. The van der Waals surface area contributed by atoms with Crippen LogP contribution in [0, 0.1) is 0 Å². The van der Waals surface area contributed by atoms with Crippen molar-refractivity contribution in [1.82, 2.24) is 9.78 Å². The number of benzene rings is 1. The molecule has 0 aliphatic heterocycles. The van der Waals surface area contributed by atoms with E-state index in [9.17, 15) is 0 Å². The molecule has 0 spiro atoms. The third-order valence-corrected chi connectivity index (χ3v) is 3.43. The predicted octanol–water partition coefficient (Wildman–Crippen LogP) is 3.58. The van der Waals surface area contributed by atoms with Crippen LogP contribution in [0.15, 0.2) is 42.7 Å². The minimum absolute atomic E-state index is 0.382. The molecular formula is C15H18N2O. The molecule has 1 saturated carbocycles. The molecule has 94 valence electrons. The van der Waals surface area contributed by atoms with Crippen LogP contribution >= 0.6 is 0 Å². The van der Waals surface area contributed by atoms with Crippen LogP contribution < -0.4 is 4.74 Å². The van der Waals surface area contributed by atoms with Crippen LogP contribution in [0.1, 0.15) is 32.1 Å². The summed E-state index contributed by atoms with van der Waals surface area (Å²) in [7, 11) is 0. The van der Waals surface area contributed by atoms with Crippen molar-refractivity contribution < 1.29 is 4.74 Å². The Morgan fingerprint density at radius 1 is 1.06 bits per heavy atom. The van der Waals surface area contributed by atoms with Crippen molar-refractivity contribution in [3.05, 3.63) is 42.7 Å². The monoisotopic (exact) mass is 242 g/mol. The van der Waals surface area contributed by atoms with Gasteiger partial charge in [-0.2, -0.15) is 5.10 Å². The molecule has 0 N–H and O–H groups in total. The molecule has 18 heavy (non-hydrogen) atoms. The van der Waals surface area contributed by atoms with Crippen molar-refractivity contribution in [2.75, 3.05) is 0 Å². The molecule has 2 aromatic rings. The van der Waals surface area contributed by atoms with Gasteiger partial charge in [-0.1, -0.05) is 24.6 Å². The Balaban J connectivity index is 1.69. The first-order valence-corrected chi connectivity index (χ1v) is 6.68. The zero-order valence-electron chi connectivity index (χ0n) is 10.5. The number of nitrogens with zero attached hydrogens (tertiary/aromatic N) is 2. The molecule has 0 atom stereocenters. The molecular weight excluding hydrogens is 224 g/mol. The summed E-state index contributed by atoms with van der Waals surface area (Å²) in [6.07, 6.45) is 10.4. The summed E-state index contributed by atoms with van der Waals surface area (Å²) in [5.41, 5.74) is 1.07. The van der Waals surface area contributed by atoms with Gasteiger partial charge in [-0.15, -0.1) is 0 Å². The highest BCUT2D eigenvalue weighted by atomic mass is 16.5. The zero-order chi connectivity index (χ0) is 12.2. The van der Waals surface area contributed by atoms with E-state index in [4.69, 9.17) is 4.74 Å². The lowest BCUT2D eigenvalue weighted by Crippen LogP contribution is -2.19. The number of hydrogen-bond acceptors (Lipinski definition) is 2. The van der Waals surface area contributed by atoms with Gasteiger partial charge in [0, 0.05) is 0 Å². The topological polar surface area (TPSA) is 27.1 Å². The maximum absolute atomic E-state index is 5.97. The Morgan fingerprint density at radius 3 is 2.61 bits per heavy atom. The molecule has 1 aliphatic rings. The summed E-state index contributed by atoms with van der Waals surface area (Å²) in [5, 5.41) is 4.34. The van der Waals surface area contributed by atoms with Crippen LogP contribution in [0.3, 0.4) is 0 Å². The molecule has 1 fully saturated rings. The highest BCUT2D eigenvalue weighted by Gasteiger charge is 2.15. The van der Waals surface area contributed by atoms with Crippen molar-refractivity contribution in [3.8, 4) is 11.4 Å². The molecule has 1 aromatic heterocycles. The number of aromatic nitrogens is 2. The van der Waals surface area contributed by atoms with Crippen LogP contribution in [-0.4, -0.2) is 15.9 Å². The first-order chi connectivity index (χ1) is 8.92. The fraction of sp³-hybridized carbons (Fsp3) is 0.400. The Morgan fingerprint density at radius 2 is 1.83 bits per heavy atom. The standard InChI is InChI=1S/C15H18N2O/c1-3-7-13(8-4-1)17-12-15(11-16-17)18-14-9-5-2-6-10-14/h1,3-4,7-8,11-12,14H,2,5-6,9-10H2. The summed E-state index contributed by atoms with van der Waals surface area (Å²) in [6.45, 7) is 0. The fourth-order valence-corrected chi connectivity index (χ4v) is 2.46. The van der Waals surface area contributed by atoms with Gasteiger partial charge in [0.1, 0.15) is 0 Å². The molecule has 3 rings (SSSR count). The van der Waals surface area contributed by atoms with Crippen molar-refractivity contribution >= 4 is 0 Å². The third kappa shape index (κ3) is 2.55. The lowest BCUT2D eigenvalue weighted by molar-refractivity contribution is 0.155. The van der Waals surface area contributed by atoms with E-state index in [2.05, 4.69) is 5.10 Å². The second-order valence-corrected chi connectivity index (χ2v) is 4.83. The summed E-state index contributed by atoms with van der Waals surface area (Å²) in [5.74, 6) is 0.880. The normalized spacial score (nSPS) is 16.7. The van der Waals surface area contributed by atoms with Crippen LogP contribution in [0.2, 0.25) is 0 Å². The van der Waals surface area contributed by atoms with Gasteiger partial charge in [-0.25, -0.2) is 4.68 Å². The van der Waals surface area contributed by atoms with Gasteiger partial charge in [0.05, 0.1) is 24.2 Å². The molecule has 0 radical (unpaired) electrons. The third-order valence-electron chi connectivity index (χ3n) is 3.43. The lowest BCUT2D eigenvalue weighted by atomic mass is 9.98. The van der Waals surface area contributed by atoms with E-state index in [1.807, 2.05) is 47.4 Å². The minimum Gasteiger partial charge on any atom is -0.487 e. The second-order valence-electron chi connectivity index (χ2n) is 4.83. The van der Waals surface area contributed by atoms with Gasteiger partial charge in [-0.05, 0) is 37.8 Å². The maximum atomic E-state index is 5.97. The van der Waals surface area contributed by atoms with Crippen molar-refractivity contribution in [3.63, 3.8) is 0 Å². The van der Waals surface area contributed by atoms with Crippen LogP contribution in [0.4, 0.5) is 0 Å². The Kier molecular flexibility index (Phi) is 3.31. The van der Waals surface area contributed by atoms with E-state index in [-0.39, 0.29) is 0 Å². The predicted molar refractivity (Wildman–Crippen MR) is 71.1 cm³/mol. The molecule has 0 bridgehead atoms. The highest BCUT2D eigenvalue weighted by molar-refractivity contribution is 5.32. The van der Waals surface area contributed by atoms with Crippen LogP contribution in [0.25, 0.3) is 5.69 Å². The maximum Gasteiger partial charge on any atom is 0.158 e. The van der Waals surface area contributed by atoms with Crippen LogP contribution in [-0.2, 0) is 0 Å². The molecule has 0 saturated heterocycles. The SMILES string of the molecule is c1ccc(-n2cc(OC3CCCCC3)cn2)cc1. The zero-order valence-corrected chi connectivity index (χ0v) is 10.5. The molecule has 1 heterocycles. The summed E-state index contributed by atoms with van der Waals surface area (Å²) in [6, 6.07) is 10.1. The summed E-state index contributed by atoms with van der Waals surface area (Å²) >= 11 is 0. The highest BCUT2D eigenvalue weighted by Crippen LogP contribution is 2.23. The second kappa shape index (κ2) is 5.25. The molecule has 1 aromatic carbocycles. The van der Waals surface area contributed by atoms with Crippen LogP contribution in [0.5, 0.6) is 5.75 Å². The number of hydrogen-bond donors (Lipinski definition) is 0. The molecule has 0 amide bonds. The quantitative estimate of drug-likeness (QED) is 0.822. The Hall–Kier alpha value is -1.77. The van der Waals surface area contributed by atoms with Crippen molar-refractivity contribution in [2.45, 2.75) is 38.2 Å². The van der Waals surface area contributed by atoms with E-state index in [1.54, 1.807) is 0 Å². The Bertz CT molecular complexity index is 486. The number of rotatable bonds is 3. The first-order valence-electron chi connectivity index (χ1n) is 6.68. The lowest BCUT2D eigenvalue weighted by Gasteiger charge is -2.21. The van der Waals surface area contributed by atoms with Gasteiger partial charge in [0.25, 0.3) is 0 Å². The van der Waals surface area contributed by atoms with Gasteiger partial charge in [0.15, 0.2) is 5.75 Å². The smallest absolute Gasteiger partial charge is 0.158 e. The first kappa shape index (κ1) is 11.3. The largest absolute Gasteiger partial charge is 0.487 e. The van der Waals surface area contributed by atoms with E-state index >= 15 is 0 Å². The van der Waals surface area contributed by atoms with Crippen molar-refractivity contribution in [2.24, 2.45) is 0 Å². The van der Waals surface area contributed by atoms with E-state index in [1.165, 1.54) is 32.1 Å². The van der Waals surface area contributed by atoms with E-state index < -0.39 is 0 Å². The average molecular weight is 242 g/mol.